The molecule has 156 valence electrons. The summed E-state index contributed by atoms with van der Waals surface area (Å²) in [5, 5.41) is 0.379. The lowest BCUT2D eigenvalue weighted by Gasteiger charge is -2.14. The predicted molar refractivity (Wildman–Crippen MR) is 95.3 cm³/mol. The molecule has 2 aromatic heterocycles. The number of nitrogens with zero attached hydrogens (tertiary/aromatic N) is 2. The Bertz CT molecular complexity index is 1030. The van der Waals surface area contributed by atoms with E-state index in [-0.39, 0.29) is 37.3 Å². The molecule has 3 rings (SSSR count). The lowest BCUT2D eigenvalue weighted by molar-refractivity contribution is -0.0501. The number of fused-ring (bicyclic) bond motifs is 1. The van der Waals surface area contributed by atoms with Crippen LogP contribution in [0.5, 0.6) is 5.88 Å². The molecule has 0 N–H and O–H groups in total. The van der Waals surface area contributed by atoms with Crippen LogP contribution >= 0.6 is 11.6 Å². The Morgan fingerprint density at radius 3 is 2.62 bits per heavy atom. The van der Waals surface area contributed by atoms with Crippen LogP contribution in [-0.2, 0) is 34.1 Å². The van der Waals surface area contributed by atoms with Gasteiger partial charge in [-0.3, -0.25) is 9.78 Å². The SMILES string of the molecule is O=C(Cc1ccc(Cl)cn1)c1cc(OS(=O)(=O)C(F)(F)F)nc2c1CCOCC2. The Morgan fingerprint density at radius 1 is 1.24 bits per heavy atom. The van der Waals surface area contributed by atoms with Crippen molar-refractivity contribution >= 4 is 27.5 Å². The molecule has 0 atom stereocenters. The van der Waals surface area contributed by atoms with Crippen molar-refractivity contribution in [1.82, 2.24) is 9.97 Å². The van der Waals surface area contributed by atoms with Gasteiger partial charge in [0.15, 0.2) is 5.78 Å². The van der Waals surface area contributed by atoms with Crippen LogP contribution in [0.25, 0.3) is 0 Å². The molecule has 0 radical (unpaired) electrons. The minimum Gasteiger partial charge on any atom is -0.381 e. The average molecular weight is 451 g/mol. The molecule has 12 heteroatoms. The summed E-state index contributed by atoms with van der Waals surface area (Å²) in [6.45, 7) is 0.511. The van der Waals surface area contributed by atoms with Crippen LogP contribution in [0.15, 0.2) is 24.4 Å². The smallest absolute Gasteiger partial charge is 0.381 e. The number of ketones is 1. The predicted octanol–water partition coefficient (Wildman–Crippen LogP) is 2.90. The lowest BCUT2D eigenvalue weighted by atomic mass is 9.97. The monoisotopic (exact) mass is 450 g/mol. The van der Waals surface area contributed by atoms with E-state index < -0.39 is 27.3 Å². The second-order valence-corrected chi connectivity index (χ2v) is 8.07. The number of halogens is 4. The van der Waals surface area contributed by atoms with Gasteiger partial charge in [0, 0.05) is 29.9 Å². The van der Waals surface area contributed by atoms with E-state index in [2.05, 4.69) is 14.2 Å². The third kappa shape index (κ3) is 5.03. The van der Waals surface area contributed by atoms with Crippen LogP contribution in [0.1, 0.15) is 27.3 Å². The molecule has 0 amide bonds. The summed E-state index contributed by atoms with van der Waals surface area (Å²) >= 11 is 5.76. The fraction of sp³-hybridized carbons (Fsp3) is 0.353. The van der Waals surface area contributed by atoms with Gasteiger partial charge in [0.1, 0.15) is 0 Å². The van der Waals surface area contributed by atoms with Crippen LogP contribution in [-0.4, -0.2) is 42.9 Å². The van der Waals surface area contributed by atoms with E-state index >= 15 is 0 Å². The first kappa shape index (κ1) is 21.5. The van der Waals surface area contributed by atoms with Crippen LogP contribution in [0.3, 0.4) is 0 Å². The van der Waals surface area contributed by atoms with Gasteiger partial charge in [-0.05, 0) is 24.1 Å². The summed E-state index contributed by atoms with van der Waals surface area (Å²) in [5.74, 6) is -1.30. The molecule has 0 aliphatic carbocycles. The second-order valence-electron chi connectivity index (χ2n) is 6.10. The van der Waals surface area contributed by atoms with Crippen molar-refractivity contribution in [3.8, 4) is 5.88 Å². The molecule has 0 saturated carbocycles. The number of rotatable bonds is 5. The van der Waals surface area contributed by atoms with Crippen molar-refractivity contribution < 1.29 is 35.3 Å². The average Bonchev–Trinajstić information content (AvgIpc) is 2.87. The van der Waals surface area contributed by atoms with Gasteiger partial charge in [-0.2, -0.15) is 21.6 Å². The first-order valence-electron chi connectivity index (χ1n) is 8.32. The molecule has 0 bridgehead atoms. The Balaban J connectivity index is 2.00. The van der Waals surface area contributed by atoms with E-state index in [9.17, 15) is 26.4 Å². The zero-order valence-corrected chi connectivity index (χ0v) is 16.3. The number of carbonyl (C=O) groups excluding carboxylic acids is 1. The van der Waals surface area contributed by atoms with Crippen molar-refractivity contribution in [3.63, 3.8) is 0 Å². The molecule has 3 heterocycles. The number of aromatic nitrogens is 2. The zero-order chi connectivity index (χ0) is 21.2. The minimum atomic E-state index is -5.92. The maximum atomic E-state index is 12.8. The molecule has 0 spiro atoms. The summed E-state index contributed by atoms with van der Waals surface area (Å²) in [4.78, 5) is 20.7. The van der Waals surface area contributed by atoms with Crippen molar-refractivity contribution in [1.29, 1.82) is 0 Å². The maximum Gasteiger partial charge on any atom is 0.534 e. The standard InChI is InChI=1S/C17H14ClF3N2O5S/c18-10-1-2-11(22-9-10)7-15(24)13-8-16(28-29(25,26)17(19,20)21)23-14-4-6-27-5-3-12(13)14/h1-2,8-9H,3-7H2. The Morgan fingerprint density at radius 2 is 1.97 bits per heavy atom. The molecule has 2 aromatic rings. The number of hydrogen-bond acceptors (Lipinski definition) is 7. The van der Waals surface area contributed by atoms with E-state index in [0.717, 1.165) is 6.07 Å². The van der Waals surface area contributed by atoms with Crippen molar-refractivity contribution in [2.45, 2.75) is 24.8 Å². The third-order valence-electron chi connectivity index (χ3n) is 4.08. The van der Waals surface area contributed by atoms with Gasteiger partial charge >= 0.3 is 15.6 Å². The zero-order valence-electron chi connectivity index (χ0n) is 14.7. The minimum absolute atomic E-state index is 0.0182. The number of ether oxygens (including phenoxy) is 1. The fourth-order valence-electron chi connectivity index (χ4n) is 2.75. The Hall–Kier alpha value is -2.24. The van der Waals surface area contributed by atoms with Gasteiger partial charge in [0.25, 0.3) is 0 Å². The molecule has 29 heavy (non-hydrogen) atoms. The van der Waals surface area contributed by atoms with Gasteiger partial charge < -0.3 is 8.92 Å². The normalized spacial score (nSPS) is 14.8. The fourth-order valence-corrected chi connectivity index (χ4v) is 3.27. The van der Waals surface area contributed by atoms with Crippen molar-refractivity contribution in [2.24, 2.45) is 0 Å². The highest BCUT2D eigenvalue weighted by molar-refractivity contribution is 7.87. The molecule has 1 aliphatic heterocycles. The first-order valence-corrected chi connectivity index (χ1v) is 10.1. The highest BCUT2D eigenvalue weighted by atomic mass is 35.5. The molecular formula is C17H14ClF3N2O5S. The first-order chi connectivity index (χ1) is 13.6. The third-order valence-corrected chi connectivity index (χ3v) is 5.26. The van der Waals surface area contributed by atoms with Gasteiger partial charge in [-0.1, -0.05) is 11.6 Å². The van der Waals surface area contributed by atoms with Crippen LogP contribution in [0.4, 0.5) is 13.2 Å². The maximum absolute atomic E-state index is 12.8. The summed E-state index contributed by atoms with van der Waals surface area (Å²) in [6, 6.07) is 3.99. The van der Waals surface area contributed by atoms with Gasteiger partial charge in [0.2, 0.25) is 5.88 Å². The Labute approximate surface area is 168 Å². The second kappa shape index (κ2) is 8.25. The molecule has 0 unspecified atom stereocenters. The molecule has 1 aliphatic rings. The summed E-state index contributed by atoms with van der Waals surface area (Å²) < 4.78 is 70.1. The number of pyridine rings is 2. The van der Waals surface area contributed by atoms with Gasteiger partial charge in [-0.25, -0.2) is 4.98 Å². The molecule has 0 saturated heterocycles. The summed E-state index contributed by atoms with van der Waals surface area (Å²) in [5.41, 5.74) is -4.48. The highest BCUT2D eigenvalue weighted by Gasteiger charge is 2.49. The van der Waals surface area contributed by atoms with Gasteiger partial charge in [-0.15, -0.1) is 0 Å². The van der Waals surface area contributed by atoms with E-state index in [1.807, 2.05) is 0 Å². The van der Waals surface area contributed by atoms with Crippen LogP contribution in [0.2, 0.25) is 5.02 Å². The largest absolute Gasteiger partial charge is 0.534 e. The van der Waals surface area contributed by atoms with Crippen LogP contribution < -0.4 is 4.18 Å². The lowest BCUT2D eigenvalue weighted by Crippen LogP contribution is -2.28. The van der Waals surface area contributed by atoms with E-state index in [1.54, 1.807) is 6.07 Å². The molecule has 0 fully saturated rings. The topological polar surface area (TPSA) is 95.5 Å². The quantitative estimate of drug-likeness (QED) is 0.392. The van der Waals surface area contributed by atoms with E-state index in [4.69, 9.17) is 16.3 Å². The Kier molecular flexibility index (Phi) is 6.11. The highest BCUT2D eigenvalue weighted by Crippen LogP contribution is 2.29. The van der Waals surface area contributed by atoms with E-state index in [1.165, 1.54) is 12.3 Å². The van der Waals surface area contributed by atoms with Crippen molar-refractivity contribution in [3.05, 3.63) is 51.9 Å². The molecule has 7 nitrogen and oxygen atoms in total. The molecular weight excluding hydrogens is 437 g/mol. The van der Waals surface area contributed by atoms with Crippen LogP contribution in [0, 0.1) is 0 Å². The molecule has 0 aromatic carbocycles. The van der Waals surface area contributed by atoms with Crippen molar-refractivity contribution in [2.75, 3.05) is 13.2 Å². The summed E-state index contributed by atoms with van der Waals surface area (Å²) in [7, 11) is -5.92. The number of Topliss-reactive ketones (excluding diaryl/α,β-unsaturated/α-hetero) is 1. The number of hydrogen-bond donors (Lipinski definition) is 0. The number of carbonyl (C=O) groups is 1. The van der Waals surface area contributed by atoms with E-state index in [0.29, 0.717) is 22.7 Å². The summed E-state index contributed by atoms with van der Waals surface area (Å²) in [6.07, 6.45) is 1.68. The van der Waals surface area contributed by atoms with Gasteiger partial charge in [0.05, 0.1) is 30.4 Å². The number of alkyl halides is 3.